The third kappa shape index (κ3) is 3.45. The van der Waals surface area contributed by atoms with Crippen LogP contribution in [0.4, 0.5) is 0 Å². The quantitative estimate of drug-likeness (QED) is 0.839. The summed E-state index contributed by atoms with van der Waals surface area (Å²) in [7, 11) is 1.68. The molecule has 3 heteroatoms. The number of rotatable bonds is 4. The molecule has 1 aliphatic carbocycles. The Morgan fingerprint density at radius 3 is 2.94 bits per heavy atom. The summed E-state index contributed by atoms with van der Waals surface area (Å²) in [5.74, 6) is 0.883. The molecule has 1 aromatic carbocycles. The zero-order valence-electron chi connectivity index (χ0n) is 10.4. The van der Waals surface area contributed by atoms with Gasteiger partial charge in [0.05, 0.1) is 13.2 Å². The third-order valence-corrected chi connectivity index (χ3v) is 3.43. The molecule has 1 aromatic rings. The minimum Gasteiger partial charge on any atom is -0.497 e. The van der Waals surface area contributed by atoms with E-state index in [4.69, 9.17) is 4.74 Å². The Labute approximate surface area is 103 Å². The Morgan fingerprint density at radius 2 is 2.18 bits per heavy atom. The SMILES string of the molecule is COc1cccc(CN[C@H]2CCCC[C@H]2O)c1. The number of ether oxygens (including phenoxy) is 1. The molecule has 1 fully saturated rings. The van der Waals surface area contributed by atoms with Gasteiger partial charge in [-0.3, -0.25) is 0 Å². The van der Waals surface area contributed by atoms with Gasteiger partial charge in [0.15, 0.2) is 0 Å². The van der Waals surface area contributed by atoms with E-state index in [0.717, 1.165) is 31.6 Å². The van der Waals surface area contributed by atoms with Crippen molar-refractivity contribution in [1.82, 2.24) is 5.32 Å². The van der Waals surface area contributed by atoms with Crippen molar-refractivity contribution in [3.05, 3.63) is 29.8 Å². The van der Waals surface area contributed by atoms with E-state index in [-0.39, 0.29) is 12.1 Å². The van der Waals surface area contributed by atoms with E-state index in [1.165, 1.54) is 12.0 Å². The fraction of sp³-hybridized carbons (Fsp3) is 0.571. The topological polar surface area (TPSA) is 41.5 Å². The molecule has 1 saturated carbocycles. The molecule has 3 nitrogen and oxygen atoms in total. The summed E-state index contributed by atoms with van der Waals surface area (Å²) < 4.78 is 5.19. The standard InChI is InChI=1S/C14H21NO2/c1-17-12-6-4-5-11(9-12)10-15-13-7-2-3-8-14(13)16/h4-6,9,13-16H,2-3,7-8,10H2,1H3/t13-,14+/m0/s1. The Kier molecular flexibility index (Phi) is 4.40. The molecule has 2 atom stereocenters. The maximum atomic E-state index is 9.86. The predicted octanol–water partition coefficient (Wildman–Crippen LogP) is 2.09. The van der Waals surface area contributed by atoms with Gasteiger partial charge in [-0.2, -0.15) is 0 Å². The number of hydrogen-bond acceptors (Lipinski definition) is 3. The monoisotopic (exact) mass is 235 g/mol. The molecule has 0 amide bonds. The summed E-state index contributed by atoms with van der Waals surface area (Å²) in [6.45, 7) is 0.791. The minimum absolute atomic E-state index is 0.186. The van der Waals surface area contributed by atoms with Crippen LogP contribution in [0.5, 0.6) is 5.75 Å². The van der Waals surface area contributed by atoms with Gasteiger partial charge in [0, 0.05) is 12.6 Å². The molecule has 0 saturated heterocycles. The van der Waals surface area contributed by atoms with E-state index in [2.05, 4.69) is 11.4 Å². The number of aliphatic hydroxyl groups is 1. The van der Waals surface area contributed by atoms with Crippen LogP contribution in [0, 0.1) is 0 Å². The molecule has 0 spiro atoms. The number of aliphatic hydroxyl groups excluding tert-OH is 1. The van der Waals surface area contributed by atoms with Crippen LogP contribution in [0.15, 0.2) is 24.3 Å². The van der Waals surface area contributed by atoms with Crippen LogP contribution in [0.25, 0.3) is 0 Å². The van der Waals surface area contributed by atoms with Gasteiger partial charge in [-0.05, 0) is 30.5 Å². The van der Waals surface area contributed by atoms with E-state index in [1.54, 1.807) is 7.11 Å². The highest BCUT2D eigenvalue weighted by Crippen LogP contribution is 2.19. The largest absolute Gasteiger partial charge is 0.497 e. The van der Waals surface area contributed by atoms with Gasteiger partial charge in [-0.1, -0.05) is 25.0 Å². The first kappa shape index (κ1) is 12.4. The van der Waals surface area contributed by atoms with Crippen LogP contribution in [0.3, 0.4) is 0 Å². The van der Waals surface area contributed by atoms with Crippen LogP contribution in [0.1, 0.15) is 31.2 Å². The third-order valence-electron chi connectivity index (χ3n) is 3.43. The number of benzene rings is 1. The van der Waals surface area contributed by atoms with Crippen LogP contribution in [-0.2, 0) is 6.54 Å². The fourth-order valence-electron chi connectivity index (χ4n) is 2.38. The van der Waals surface area contributed by atoms with Crippen molar-refractivity contribution in [1.29, 1.82) is 0 Å². The first-order valence-corrected chi connectivity index (χ1v) is 6.34. The predicted molar refractivity (Wildman–Crippen MR) is 68.1 cm³/mol. The second kappa shape index (κ2) is 6.03. The average molecular weight is 235 g/mol. The molecule has 0 aromatic heterocycles. The second-order valence-corrected chi connectivity index (χ2v) is 4.69. The maximum Gasteiger partial charge on any atom is 0.119 e. The zero-order valence-corrected chi connectivity index (χ0v) is 10.4. The van der Waals surface area contributed by atoms with Crippen LogP contribution in [-0.4, -0.2) is 24.4 Å². The lowest BCUT2D eigenvalue weighted by atomic mass is 9.92. The summed E-state index contributed by atoms with van der Waals surface area (Å²) in [5.41, 5.74) is 1.20. The summed E-state index contributed by atoms with van der Waals surface area (Å²) in [4.78, 5) is 0. The zero-order chi connectivity index (χ0) is 12.1. The van der Waals surface area contributed by atoms with Gasteiger partial charge in [0.1, 0.15) is 5.75 Å². The van der Waals surface area contributed by atoms with Crippen LogP contribution < -0.4 is 10.1 Å². The minimum atomic E-state index is -0.186. The highest BCUT2D eigenvalue weighted by molar-refractivity contribution is 5.28. The van der Waals surface area contributed by atoms with Gasteiger partial charge in [0.2, 0.25) is 0 Å². The summed E-state index contributed by atoms with van der Waals surface area (Å²) >= 11 is 0. The van der Waals surface area contributed by atoms with Crippen LogP contribution >= 0.6 is 0 Å². The second-order valence-electron chi connectivity index (χ2n) is 4.69. The summed E-state index contributed by atoms with van der Waals surface area (Å²) in [5, 5.41) is 13.3. The number of hydrogen-bond donors (Lipinski definition) is 2. The van der Waals surface area contributed by atoms with E-state index >= 15 is 0 Å². The lowest BCUT2D eigenvalue weighted by molar-refractivity contribution is 0.0902. The molecule has 94 valence electrons. The van der Waals surface area contributed by atoms with E-state index in [1.807, 2.05) is 18.2 Å². The molecular formula is C14H21NO2. The van der Waals surface area contributed by atoms with Gasteiger partial charge < -0.3 is 15.2 Å². The molecule has 0 bridgehead atoms. The molecule has 0 aliphatic heterocycles. The first-order valence-electron chi connectivity index (χ1n) is 6.34. The van der Waals surface area contributed by atoms with E-state index in [9.17, 15) is 5.11 Å². The van der Waals surface area contributed by atoms with Gasteiger partial charge >= 0.3 is 0 Å². The lowest BCUT2D eigenvalue weighted by Crippen LogP contribution is -2.41. The molecule has 1 aliphatic rings. The molecule has 0 heterocycles. The Morgan fingerprint density at radius 1 is 1.35 bits per heavy atom. The van der Waals surface area contributed by atoms with Crippen LogP contribution in [0.2, 0.25) is 0 Å². The number of nitrogens with one attached hydrogen (secondary N) is 1. The van der Waals surface area contributed by atoms with Crippen molar-refractivity contribution in [3.8, 4) is 5.75 Å². The lowest BCUT2D eigenvalue weighted by Gasteiger charge is -2.28. The number of methoxy groups -OCH3 is 1. The Bertz CT molecular complexity index is 354. The van der Waals surface area contributed by atoms with Crippen molar-refractivity contribution in [2.75, 3.05) is 7.11 Å². The molecular weight excluding hydrogens is 214 g/mol. The Hall–Kier alpha value is -1.06. The first-order chi connectivity index (χ1) is 8.29. The molecule has 2 rings (SSSR count). The van der Waals surface area contributed by atoms with Crippen molar-refractivity contribution in [2.45, 2.75) is 44.4 Å². The van der Waals surface area contributed by atoms with Crippen molar-refractivity contribution in [3.63, 3.8) is 0 Å². The van der Waals surface area contributed by atoms with Gasteiger partial charge in [-0.25, -0.2) is 0 Å². The average Bonchev–Trinajstić information content (AvgIpc) is 2.38. The fourth-order valence-corrected chi connectivity index (χ4v) is 2.38. The van der Waals surface area contributed by atoms with Crippen molar-refractivity contribution >= 4 is 0 Å². The van der Waals surface area contributed by atoms with Crippen molar-refractivity contribution < 1.29 is 9.84 Å². The Balaban J connectivity index is 1.88. The summed E-state index contributed by atoms with van der Waals surface area (Å²) in [6, 6.07) is 8.29. The van der Waals surface area contributed by atoms with Gasteiger partial charge in [0.25, 0.3) is 0 Å². The van der Waals surface area contributed by atoms with E-state index < -0.39 is 0 Å². The van der Waals surface area contributed by atoms with Crippen molar-refractivity contribution in [2.24, 2.45) is 0 Å². The molecule has 0 radical (unpaired) electrons. The molecule has 17 heavy (non-hydrogen) atoms. The smallest absolute Gasteiger partial charge is 0.119 e. The highest BCUT2D eigenvalue weighted by Gasteiger charge is 2.21. The summed E-state index contributed by atoms with van der Waals surface area (Å²) in [6.07, 6.45) is 4.18. The van der Waals surface area contributed by atoms with E-state index in [0.29, 0.717) is 0 Å². The van der Waals surface area contributed by atoms with Gasteiger partial charge in [-0.15, -0.1) is 0 Å². The molecule has 0 unspecified atom stereocenters. The normalized spacial score (nSPS) is 24.6. The maximum absolute atomic E-state index is 9.86. The molecule has 2 N–H and O–H groups in total. The highest BCUT2D eigenvalue weighted by atomic mass is 16.5.